The van der Waals surface area contributed by atoms with E-state index >= 15 is 0 Å². The van der Waals surface area contributed by atoms with Crippen LogP contribution < -0.4 is 5.73 Å². The molecule has 1 aromatic carbocycles. The van der Waals surface area contributed by atoms with Crippen LogP contribution in [0, 0.1) is 12.3 Å². The van der Waals surface area contributed by atoms with Gasteiger partial charge in [0, 0.05) is 53.3 Å². The molecule has 1 aliphatic heterocycles. The molecule has 3 rings (SSSR count). The molecular formula is C25H36N5+. The van der Waals surface area contributed by atoms with Gasteiger partial charge < -0.3 is 5.41 Å². The second-order valence-electron chi connectivity index (χ2n) is 9.92. The Morgan fingerprint density at radius 3 is 2.43 bits per heavy atom. The van der Waals surface area contributed by atoms with E-state index in [4.69, 9.17) is 11.1 Å². The third-order valence-electron chi connectivity index (χ3n) is 6.94. The Labute approximate surface area is 180 Å². The SMILES string of the molecule is Cc1cc2ccncc2cc1C(=N)/C=C\C(N)=[N+](C)C1CC(C)(C)N(C)C(C)(C)C1. The molecule has 30 heavy (non-hydrogen) atoms. The number of benzene rings is 1. The zero-order valence-corrected chi connectivity index (χ0v) is 19.5. The first-order valence-electron chi connectivity index (χ1n) is 10.6. The van der Waals surface area contributed by atoms with Crippen molar-refractivity contribution in [3.05, 3.63) is 53.9 Å². The largest absolute Gasteiger partial charge is 0.300 e. The highest BCUT2D eigenvalue weighted by atomic mass is 15.3. The number of likely N-dealkylation sites (tertiary alicyclic amines) is 1. The summed E-state index contributed by atoms with van der Waals surface area (Å²) in [5.41, 5.74) is 9.10. The van der Waals surface area contributed by atoms with Gasteiger partial charge >= 0.3 is 0 Å². The molecule has 0 atom stereocenters. The summed E-state index contributed by atoms with van der Waals surface area (Å²) in [5, 5.41) is 10.8. The Morgan fingerprint density at radius 2 is 1.80 bits per heavy atom. The molecule has 160 valence electrons. The molecule has 0 amide bonds. The second-order valence-corrected chi connectivity index (χ2v) is 9.92. The number of fused-ring (bicyclic) bond motifs is 1. The van der Waals surface area contributed by atoms with Crippen molar-refractivity contribution in [1.82, 2.24) is 9.88 Å². The number of allylic oxidation sites excluding steroid dienone is 1. The summed E-state index contributed by atoms with van der Waals surface area (Å²) >= 11 is 0. The lowest BCUT2D eigenvalue weighted by Gasteiger charge is -2.53. The van der Waals surface area contributed by atoms with Gasteiger partial charge in [-0.15, -0.1) is 0 Å². The van der Waals surface area contributed by atoms with Gasteiger partial charge in [-0.05, 0) is 70.8 Å². The molecule has 2 aromatic rings. The summed E-state index contributed by atoms with van der Waals surface area (Å²) < 4.78 is 2.18. The minimum Gasteiger partial charge on any atom is -0.300 e. The number of aryl methyl sites for hydroxylation is 1. The van der Waals surface area contributed by atoms with Gasteiger partial charge in [-0.2, -0.15) is 0 Å². The molecule has 1 aliphatic rings. The molecule has 0 aliphatic carbocycles. The Balaban J connectivity index is 1.84. The number of amidine groups is 1. The number of pyridine rings is 1. The topological polar surface area (TPSA) is 69.0 Å². The van der Waals surface area contributed by atoms with E-state index in [1.165, 1.54) is 0 Å². The van der Waals surface area contributed by atoms with E-state index in [0.29, 0.717) is 17.6 Å². The fourth-order valence-electron chi connectivity index (χ4n) is 4.72. The molecule has 2 heterocycles. The van der Waals surface area contributed by atoms with Gasteiger partial charge in [0.2, 0.25) is 0 Å². The average Bonchev–Trinajstić information content (AvgIpc) is 2.68. The van der Waals surface area contributed by atoms with Gasteiger partial charge in [0.1, 0.15) is 0 Å². The van der Waals surface area contributed by atoms with Crippen LogP contribution in [0.5, 0.6) is 0 Å². The maximum absolute atomic E-state index is 8.58. The van der Waals surface area contributed by atoms with Gasteiger partial charge in [0.25, 0.3) is 5.84 Å². The quantitative estimate of drug-likeness (QED) is 0.456. The first kappa shape index (κ1) is 22.2. The zero-order chi connectivity index (χ0) is 22.3. The van der Waals surface area contributed by atoms with Crippen molar-refractivity contribution in [3.63, 3.8) is 0 Å². The van der Waals surface area contributed by atoms with Crippen molar-refractivity contribution in [2.75, 3.05) is 14.1 Å². The summed E-state index contributed by atoms with van der Waals surface area (Å²) in [6, 6.07) is 6.50. The van der Waals surface area contributed by atoms with E-state index in [1.807, 2.05) is 37.4 Å². The van der Waals surface area contributed by atoms with E-state index in [-0.39, 0.29) is 11.1 Å². The van der Waals surface area contributed by atoms with Crippen LogP contribution in [0.2, 0.25) is 0 Å². The maximum Gasteiger partial charge on any atom is 0.267 e. The molecule has 5 nitrogen and oxygen atoms in total. The van der Waals surface area contributed by atoms with E-state index < -0.39 is 0 Å². The average molecular weight is 407 g/mol. The van der Waals surface area contributed by atoms with Crippen LogP contribution in [0.15, 0.2) is 42.7 Å². The summed E-state index contributed by atoms with van der Waals surface area (Å²) in [4.78, 5) is 6.67. The minimum atomic E-state index is 0.105. The fourth-order valence-corrected chi connectivity index (χ4v) is 4.72. The van der Waals surface area contributed by atoms with E-state index in [2.05, 4.69) is 62.3 Å². The van der Waals surface area contributed by atoms with Crippen LogP contribution >= 0.6 is 0 Å². The number of hydrogen-bond donors (Lipinski definition) is 2. The van der Waals surface area contributed by atoms with Crippen molar-refractivity contribution in [2.24, 2.45) is 5.73 Å². The van der Waals surface area contributed by atoms with Crippen LogP contribution in [0.1, 0.15) is 51.7 Å². The Hall–Kier alpha value is -2.53. The van der Waals surface area contributed by atoms with Crippen molar-refractivity contribution < 1.29 is 4.58 Å². The van der Waals surface area contributed by atoms with Crippen molar-refractivity contribution in [1.29, 1.82) is 5.41 Å². The number of piperidine rings is 1. The first-order chi connectivity index (χ1) is 13.9. The Bertz CT molecular complexity index is 1010. The fraction of sp³-hybridized carbons (Fsp3) is 0.480. The molecule has 0 radical (unpaired) electrons. The van der Waals surface area contributed by atoms with Crippen LogP contribution in [0.3, 0.4) is 0 Å². The molecule has 0 bridgehead atoms. The third-order valence-corrected chi connectivity index (χ3v) is 6.94. The Morgan fingerprint density at radius 1 is 1.17 bits per heavy atom. The lowest BCUT2D eigenvalue weighted by atomic mass is 9.77. The lowest BCUT2D eigenvalue weighted by Crippen LogP contribution is -2.61. The van der Waals surface area contributed by atoms with Gasteiger partial charge in [-0.25, -0.2) is 0 Å². The lowest BCUT2D eigenvalue weighted by molar-refractivity contribution is -0.548. The molecule has 5 heteroatoms. The molecule has 3 N–H and O–H groups in total. The second kappa shape index (κ2) is 7.95. The smallest absolute Gasteiger partial charge is 0.267 e. The van der Waals surface area contributed by atoms with Crippen LogP contribution in [-0.4, -0.2) is 57.2 Å². The standard InChI is InChI=1S/C25H35N5/c1-17-12-18-10-11-28-16-19(18)13-21(17)22(26)8-9-23(27)29(6)20-14-24(2,3)30(7)25(4,5)15-20/h8-13,16,20,26-27H,14-15H2,1-7H3/p+1/b9-8-,26-22?. The monoisotopic (exact) mass is 406 g/mol. The van der Waals surface area contributed by atoms with Crippen LogP contribution in [-0.2, 0) is 0 Å². The molecule has 1 saturated heterocycles. The number of aromatic nitrogens is 1. The maximum atomic E-state index is 8.58. The Kier molecular flexibility index (Phi) is 5.87. The van der Waals surface area contributed by atoms with Gasteiger partial charge in [0.15, 0.2) is 0 Å². The summed E-state index contributed by atoms with van der Waals surface area (Å²) in [5.74, 6) is 0.695. The van der Waals surface area contributed by atoms with Crippen LogP contribution in [0.25, 0.3) is 10.8 Å². The predicted molar refractivity (Wildman–Crippen MR) is 127 cm³/mol. The van der Waals surface area contributed by atoms with E-state index in [9.17, 15) is 0 Å². The molecule has 1 aromatic heterocycles. The summed E-state index contributed by atoms with van der Waals surface area (Å²) in [6.45, 7) is 11.2. The highest BCUT2D eigenvalue weighted by Crippen LogP contribution is 2.37. The molecule has 0 spiro atoms. The van der Waals surface area contributed by atoms with Crippen molar-refractivity contribution in [3.8, 4) is 0 Å². The number of hydrogen-bond acceptors (Lipinski definition) is 3. The molecule has 1 fully saturated rings. The number of nitrogens with one attached hydrogen (secondary N) is 1. The normalized spacial score (nSPS) is 20.5. The highest BCUT2D eigenvalue weighted by molar-refractivity contribution is 6.11. The van der Waals surface area contributed by atoms with E-state index in [0.717, 1.165) is 34.7 Å². The van der Waals surface area contributed by atoms with Gasteiger partial charge in [0.05, 0.1) is 18.8 Å². The first-order valence-corrected chi connectivity index (χ1v) is 10.6. The van der Waals surface area contributed by atoms with Crippen LogP contribution in [0.4, 0.5) is 0 Å². The van der Waals surface area contributed by atoms with Gasteiger partial charge in [-0.1, -0.05) is 6.07 Å². The minimum absolute atomic E-state index is 0.105. The zero-order valence-electron chi connectivity index (χ0n) is 19.5. The van der Waals surface area contributed by atoms with Gasteiger partial charge in [-0.3, -0.25) is 20.2 Å². The summed E-state index contributed by atoms with van der Waals surface area (Å²) in [7, 11) is 4.28. The van der Waals surface area contributed by atoms with Crippen molar-refractivity contribution >= 4 is 22.3 Å². The predicted octanol–water partition coefficient (Wildman–Crippen LogP) is 4.12. The van der Waals surface area contributed by atoms with E-state index in [1.54, 1.807) is 6.20 Å². The number of nitrogens with zero attached hydrogens (tertiary/aromatic N) is 3. The number of nitrogens with two attached hydrogens (primary N) is 1. The molecule has 0 saturated carbocycles. The third kappa shape index (κ3) is 4.31. The number of rotatable bonds is 4. The molecular weight excluding hydrogens is 370 g/mol. The van der Waals surface area contributed by atoms with Crippen molar-refractivity contribution in [2.45, 2.75) is 64.6 Å². The summed E-state index contributed by atoms with van der Waals surface area (Å²) in [6.07, 6.45) is 9.41. The molecule has 0 unspecified atom stereocenters. The highest BCUT2D eigenvalue weighted by Gasteiger charge is 2.45.